The molecule has 0 saturated carbocycles. The van der Waals surface area contributed by atoms with E-state index in [4.69, 9.17) is 9.84 Å². The van der Waals surface area contributed by atoms with E-state index in [-0.39, 0.29) is 18.5 Å². The summed E-state index contributed by atoms with van der Waals surface area (Å²) >= 11 is 0. The van der Waals surface area contributed by atoms with E-state index in [9.17, 15) is 8.42 Å². The number of aliphatic hydroxyl groups is 1. The Morgan fingerprint density at radius 2 is 2.06 bits per heavy atom. The van der Waals surface area contributed by atoms with Crippen molar-refractivity contribution in [3.8, 4) is 0 Å². The highest BCUT2D eigenvalue weighted by Crippen LogP contribution is 2.16. The van der Waals surface area contributed by atoms with E-state index in [0.29, 0.717) is 32.5 Å². The van der Waals surface area contributed by atoms with Crippen molar-refractivity contribution in [2.24, 2.45) is 0 Å². The van der Waals surface area contributed by atoms with E-state index in [2.05, 4.69) is 6.58 Å². The van der Waals surface area contributed by atoms with E-state index in [1.807, 2.05) is 0 Å². The molecule has 1 rings (SSSR count). The van der Waals surface area contributed by atoms with E-state index in [1.165, 1.54) is 10.4 Å². The van der Waals surface area contributed by atoms with Gasteiger partial charge in [0.15, 0.2) is 0 Å². The molecular formula is C10H19NO4S. The first-order chi connectivity index (χ1) is 7.60. The number of hydrogen-bond acceptors (Lipinski definition) is 4. The Morgan fingerprint density at radius 1 is 1.44 bits per heavy atom. The molecule has 6 heteroatoms. The van der Waals surface area contributed by atoms with Crippen molar-refractivity contribution in [3.63, 3.8) is 0 Å². The molecule has 1 N–H and O–H groups in total. The van der Waals surface area contributed by atoms with Crippen LogP contribution < -0.4 is 0 Å². The molecule has 94 valence electrons. The van der Waals surface area contributed by atoms with Crippen molar-refractivity contribution < 1.29 is 18.3 Å². The zero-order chi connectivity index (χ0) is 12.0. The number of rotatable bonds is 6. The third-order valence-electron chi connectivity index (χ3n) is 2.57. The summed E-state index contributed by atoms with van der Waals surface area (Å²) in [6, 6.07) is 0. The minimum Gasteiger partial charge on any atom is -0.394 e. The Bertz CT molecular complexity index is 307. The van der Waals surface area contributed by atoms with Crippen molar-refractivity contribution in [2.75, 3.05) is 32.1 Å². The number of ether oxygens (including phenoxy) is 1. The highest BCUT2D eigenvalue weighted by Gasteiger charge is 2.27. The molecule has 0 aromatic carbocycles. The van der Waals surface area contributed by atoms with Crippen LogP contribution in [0.5, 0.6) is 0 Å². The second-order valence-corrected chi connectivity index (χ2v) is 5.77. The predicted octanol–water partition coefficient (Wildman–Crippen LogP) is -0.0245. The fourth-order valence-electron chi connectivity index (χ4n) is 1.75. The largest absolute Gasteiger partial charge is 0.394 e. The maximum atomic E-state index is 11.7. The molecule has 0 aromatic heterocycles. The summed E-state index contributed by atoms with van der Waals surface area (Å²) in [5, 5.41) is 8.61. The highest BCUT2D eigenvalue weighted by atomic mass is 32.2. The van der Waals surface area contributed by atoms with Gasteiger partial charge in [-0.3, -0.25) is 0 Å². The third-order valence-corrected chi connectivity index (χ3v) is 4.38. The summed E-state index contributed by atoms with van der Waals surface area (Å²) in [6.07, 6.45) is 2.86. The normalized spacial score (nSPS) is 19.8. The average Bonchev–Trinajstić information content (AvgIpc) is 2.27. The fraction of sp³-hybridized carbons (Fsp3) is 0.800. The minimum atomic E-state index is -3.17. The maximum Gasteiger partial charge on any atom is 0.217 e. The van der Waals surface area contributed by atoms with Gasteiger partial charge in [-0.1, -0.05) is 6.08 Å². The predicted molar refractivity (Wildman–Crippen MR) is 61.6 cm³/mol. The molecule has 0 atom stereocenters. The van der Waals surface area contributed by atoms with Crippen LogP contribution in [-0.2, 0) is 14.8 Å². The monoisotopic (exact) mass is 249 g/mol. The standard InChI is InChI=1S/C10H19NO4S/c1-2-9-16(13,14)11-5-3-10(4-6-11)15-8-7-12/h2,10,12H,1,3-9H2. The fourth-order valence-corrected chi connectivity index (χ4v) is 3.03. The Hall–Kier alpha value is -0.430. The van der Waals surface area contributed by atoms with E-state index in [1.54, 1.807) is 0 Å². The van der Waals surface area contributed by atoms with Crippen molar-refractivity contribution in [3.05, 3.63) is 12.7 Å². The van der Waals surface area contributed by atoms with Gasteiger partial charge in [0, 0.05) is 13.1 Å². The molecule has 0 aliphatic carbocycles. The van der Waals surface area contributed by atoms with Gasteiger partial charge in [0.2, 0.25) is 10.0 Å². The van der Waals surface area contributed by atoms with Crippen LogP contribution in [0.2, 0.25) is 0 Å². The van der Waals surface area contributed by atoms with Gasteiger partial charge in [0.25, 0.3) is 0 Å². The van der Waals surface area contributed by atoms with Crippen LogP contribution in [0.4, 0.5) is 0 Å². The first-order valence-electron chi connectivity index (χ1n) is 5.41. The van der Waals surface area contributed by atoms with Gasteiger partial charge in [0.1, 0.15) is 0 Å². The Kier molecular flexibility index (Phi) is 5.40. The Morgan fingerprint density at radius 3 is 2.56 bits per heavy atom. The van der Waals surface area contributed by atoms with Gasteiger partial charge in [0.05, 0.1) is 25.1 Å². The van der Waals surface area contributed by atoms with Crippen molar-refractivity contribution in [1.82, 2.24) is 4.31 Å². The molecule has 1 heterocycles. The van der Waals surface area contributed by atoms with Crippen LogP contribution in [0.3, 0.4) is 0 Å². The summed E-state index contributed by atoms with van der Waals surface area (Å²) in [4.78, 5) is 0. The number of sulfonamides is 1. The lowest BCUT2D eigenvalue weighted by molar-refractivity contribution is 0.00322. The van der Waals surface area contributed by atoms with Crippen molar-refractivity contribution in [1.29, 1.82) is 0 Å². The lowest BCUT2D eigenvalue weighted by atomic mass is 10.1. The third kappa shape index (κ3) is 3.86. The Balaban J connectivity index is 2.39. The summed E-state index contributed by atoms with van der Waals surface area (Å²) in [5.74, 6) is -0.00480. The molecule has 0 spiro atoms. The quantitative estimate of drug-likeness (QED) is 0.672. The van der Waals surface area contributed by atoms with Crippen LogP contribution in [0.1, 0.15) is 12.8 Å². The van der Waals surface area contributed by atoms with E-state index in [0.717, 1.165) is 0 Å². The number of aliphatic hydroxyl groups excluding tert-OH is 1. The molecular weight excluding hydrogens is 230 g/mol. The van der Waals surface area contributed by atoms with Crippen LogP contribution in [0, 0.1) is 0 Å². The zero-order valence-corrected chi connectivity index (χ0v) is 10.2. The highest BCUT2D eigenvalue weighted by molar-refractivity contribution is 7.89. The molecule has 1 saturated heterocycles. The van der Waals surface area contributed by atoms with E-state index < -0.39 is 10.0 Å². The lowest BCUT2D eigenvalue weighted by Crippen LogP contribution is -2.41. The SMILES string of the molecule is C=CCS(=O)(=O)N1CCC(OCCO)CC1. The molecule has 0 radical (unpaired) electrons. The molecule has 1 aliphatic rings. The molecule has 16 heavy (non-hydrogen) atoms. The zero-order valence-electron chi connectivity index (χ0n) is 9.34. The van der Waals surface area contributed by atoms with Gasteiger partial charge < -0.3 is 9.84 Å². The van der Waals surface area contributed by atoms with Crippen molar-refractivity contribution in [2.45, 2.75) is 18.9 Å². The topological polar surface area (TPSA) is 66.8 Å². The van der Waals surface area contributed by atoms with Crippen molar-refractivity contribution >= 4 is 10.0 Å². The molecule has 0 bridgehead atoms. The van der Waals surface area contributed by atoms with Crippen LogP contribution >= 0.6 is 0 Å². The second kappa shape index (κ2) is 6.34. The Labute approximate surface area is 96.8 Å². The van der Waals surface area contributed by atoms with Gasteiger partial charge in [-0.15, -0.1) is 6.58 Å². The molecule has 1 fully saturated rings. The van der Waals surface area contributed by atoms with Crippen LogP contribution in [0.15, 0.2) is 12.7 Å². The molecule has 1 aliphatic heterocycles. The molecule has 0 aromatic rings. The van der Waals surface area contributed by atoms with Crippen LogP contribution in [0.25, 0.3) is 0 Å². The lowest BCUT2D eigenvalue weighted by Gasteiger charge is -2.30. The summed E-state index contributed by atoms with van der Waals surface area (Å²) in [7, 11) is -3.17. The minimum absolute atomic E-state index is 0.00480. The second-order valence-electron chi connectivity index (χ2n) is 3.76. The van der Waals surface area contributed by atoms with Gasteiger partial charge in [-0.25, -0.2) is 12.7 Å². The molecule has 0 amide bonds. The number of nitrogens with zero attached hydrogens (tertiary/aromatic N) is 1. The van der Waals surface area contributed by atoms with Gasteiger partial charge in [-0.05, 0) is 12.8 Å². The van der Waals surface area contributed by atoms with Crippen LogP contribution in [-0.4, -0.2) is 56.0 Å². The smallest absolute Gasteiger partial charge is 0.217 e. The summed E-state index contributed by atoms with van der Waals surface area (Å²) in [6.45, 7) is 4.75. The number of piperidine rings is 1. The van der Waals surface area contributed by atoms with Gasteiger partial charge >= 0.3 is 0 Å². The first-order valence-corrected chi connectivity index (χ1v) is 7.02. The first kappa shape index (κ1) is 13.6. The average molecular weight is 249 g/mol. The maximum absolute atomic E-state index is 11.7. The summed E-state index contributed by atoms with van der Waals surface area (Å²) in [5.41, 5.74) is 0. The summed E-state index contributed by atoms with van der Waals surface area (Å²) < 4.78 is 30.2. The number of hydrogen-bond donors (Lipinski definition) is 1. The molecule has 0 unspecified atom stereocenters. The van der Waals surface area contributed by atoms with E-state index >= 15 is 0 Å². The van der Waals surface area contributed by atoms with Gasteiger partial charge in [-0.2, -0.15) is 0 Å². The molecule has 5 nitrogen and oxygen atoms in total.